The van der Waals surface area contributed by atoms with Crippen molar-refractivity contribution in [3.63, 3.8) is 0 Å². The number of nitrogens with two attached hydrogens (primary N) is 4. The van der Waals surface area contributed by atoms with Crippen molar-refractivity contribution >= 4 is 0 Å². The van der Waals surface area contributed by atoms with E-state index in [4.69, 9.17) is 22.9 Å². The van der Waals surface area contributed by atoms with Gasteiger partial charge in [0.15, 0.2) is 0 Å². The van der Waals surface area contributed by atoms with E-state index in [-0.39, 0.29) is 0 Å². The second-order valence-electron chi connectivity index (χ2n) is 17.7. The Kier molecular flexibility index (Phi) is 51.1. The molecule has 18 N–H and O–H groups in total. The van der Waals surface area contributed by atoms with Crippen LogP contribution in [0.15, 0.2) is 0 Å². The third-order valence-electron chi connectivity index (χ3n) is 11.7. The fraction of sp³-hybridized carbons (Fsp3) is 1.00. The second kappa shape index (κ2) is 51.7. The molecular weight excluding hydrogens is 805 g/mol. The highest BCUT2D eigenvalue weighted by Crippen LogP contribution is 2.06. The molecule has 0 saturated carbocycles. The van der Waals surface area contributed by atoms with Crippen LogP contribution in [-0.2, 0) is 0 Å². The highest BCUT2D eigenvalue weighted by Gasteiger charge is 2.10. The molecule has 1 rings (SSSR count). The van der Waals surface area contributed by atoms with Crippen molar-refractivity contribution in [3.05, 3.63) is 0 Å². The van der Waals surface area contributed by atoms with Gasteiger partial charge in [-0.1, -0.05) is 19.3 Å². The van der Waals surface area contributed by atoms with Crippen molar-refractivity contribution in [2.24, 2.45) is 22.9 Å². The summed E-state index contributed by atoms with van der Waals surface area (Å²) in [5.41, 5.74) is 27.2. The molecule has 0 aromatic heterocycles. The lowest BCUT2D eigenvalue weighted by Gasteiger charge is -2.26. The Morgan fingerprint density at radius 2 is 0.688 bits per heavy atom. The summed E-state index contributed by atoms with van der Waals surface area (Å²) < 4.78 is 0. The van der Waals surface area contributed by atoms with E-state index in [2.05, 4.69) is 79.4 Å². The zero-order chi connectivity index (χ0) is 46.8. The van der Waals surface area contributed by atoms with E-state index >= 15 is 0 Å². The molecule has 18 nitrogen and oxygen atoms in total. The predicted molar refractivity (Wildman–Crippen MR) is 277 cm³/mol. The number of nitrogens with one attached hydrogen (secondary N) is 7. The van der Waals surface area contributed by atoms with Crippen molar-refractivity contribution in [3.8, 4) is 0 Å². The summed E-state index contributed by atoms with van der Waals surface area (Å²) in [6.45, 7) is 34.4. The van der Waals surface area contributed by atoms with Crippen LogP contribution < -0.4 is 65.9 Å². The smallest absolute Gasteiger partial charge is 0.0869 e. The molecule has 1 heterocycles. The molecular formula is C46H113N18+. The fourth-order valence-electron chi connectivity index (χ4n) is 7.69. The first-order chi connectivity index (χ1) is 31.5. The largest absolute Gasteiger partial charge is 0.357 e. The first-order valence-corrected chi connectivity index (χ1v) is 26.2. The lowest BCUT2D eigenvalue weighted by atomic mass is 10.1. The Morgan fingerprint density at radius 1 is 0.359 bits per heavy atom. The van der Waals surface area contributed by atoms with E-state index in [0.717, 1.165) is 164 Å². The van der Waals surface area contributed by atoms with Gasteiger partial charge in [-0.3, -0.25) is 19.6 Å². The first kappa shape index (κ1) is 63.3. The van der Waals surface area contributed by atoms with Gasteiger partial charge in [0.2, 0.25) is 0 Å². The van der Waals surface area contributed by atoms with E-state index in [1.165, 1.54) is 97.1 Å². The zero-order valence-corrected chi connectivity index (χ0v) is 42.6. The van der Waals surface area contributed by atoms with E-state index < -0.39 is 0 Å². The van der Waals surface area contributed by atoms with Gasteiger partial charge in [0.1, 0.15) is 0 Å². The fourth-order valence-corrected chi connectivity index (χ4v) is 7.69. The molecule has 64 heavy (non-hydrogen) atoms. The molecule has 1 fully saturated rings. The Labute approximate surface area is 395 Å². The summed E-state index contributed by atoms with van der Waals surface area (Å²) in [4.78, 5) is 15.2. The molecule has 386 valence electrons. The maximum absolute atomic E-state index is 5.83. The van der Waals surface area contributed by atoms with E-state index in [9.17, 15) is 0 Å². The van der Waals surface area contributed by atoms with E-state index in [1.54, 1.807) is 0 Å². The molecule has 0 aliphatic carbocycles. The molecule has 0 bridgehead atoms. The molecule has 1 aliphatic rings. The first-order valence-electron chi connectivity index (χ1n) is 26.2. The zero-order valence-electron chi connectivity index (χ0n) is 42.6. The minimum atomic E-state index is 0.672. The van der Waals surface area contributed by atoms with Gasteiger partial charge in [-0.2, -0.15) is 0 Å². The Hall–Kier alpha value is -0.720. The molecule has 0 radical (unpaired) electrons. The molecule has 0 spiro atoms. The van der Waals surface area contributed by atoms with Crippen molar-refractivity contribution in [2.45, 2.75) is 57.8 Å². The van der Waals surface area contributed by atoms with Gasteiger partial charge in [-0.25, -0.2) is 0 Å². The van der Waals surface area contributed by atoms with Crippen LogP contribution in [-0.4, -0.2) is 273 Å². The number of unbranched alkanes of at least 4 members (excludes halogenated alkanes) is 6. The maximum Gasteiger partial charge on any atom is 0.0869 e. The normalized spacial score (nSPS) is 12.8. The van der Waals surface area contributed by atoms with Gasteiger partial charge < -0.3 is 75.7 Å². The standard InChI is InChI=1S/C44H107N17.C2H5N/c1-50-18-7-4-9-29-57(34-15-47)30-11-6-12-32-58(31-10-5-8-28-56(3)33-14-46)38-22-53-25-42-61(43-26-54-23-39-59(35-16-48)36-17-49)44-27-55-24-41-60(37-20-51-2)40-21-52-19-13-45;1-2-3-1/h50-55H,4-49H2,1-3H3;3H,1-2H2/p+1. The molecule has 1 saturated heterocycles. The average molecular weight is 919 g/mol. The van der Waals surface area contributed by atoms with Crippen LogP contribution in [0.3, 0.4) is 0 Å². The van der Waals surface area contributed by atoms with Gasteiger partial charge in [0.05, 0.1) is 6.54 Å². The number of hydrogen-bond acceptors (Lipinski definition) is 17. The molecule has 0 unspecified atom stereocenters. The molecule has 0 aromatic carbocycles. The van der Waals surface area contributed by atoms with Gasteiger partial charge in [-0.15, -0.1) is 0 Å². The summed E-state index contributed by atoms with van der Waals surface area (Å²) in [5, 5.41) is 24.3. The number of quaternary nitrogens is 1. The Balaban J connectivity index is 0.0000126. The van der Waals surface area contributed by atoms with Crippen molar-refractivity contribution < 1.29 is 5.73 Å². The van der Waals surface area contributed by atoms with Gasteiger partial charge in [-0.05, 0) is 98.9 Å². The van der Waals surface area contributed by atoms with Gasteiger partial charge in [0, 0.05) is 177 Å². The lowest BCUT2D eigenvalue weighted by molar-refractivity contribution is -0.368. The van der Waals surface area contributed by atoms with Crippen molar-refractivity contribution in [1.82, 2.24) is 66.6 Å². The molecule has 1 aliphatic heterocycles. The SMILES string of the molecule is C1CN1.CNCCCCCN(CC[NH3+])CCCCCN(CCCCCN(C)CCN)CCNCCN(CCNCCN(CCN)CCN)CCNCCN(CCNC)CCNCCN. The Morgan fingerprint density at radius 3 is 1.05 bits per heavy atom. The number of likely N-dealkylation sites (N-methyl/N-ethyl adjacent to an activating group) is 2. The third kappa shape index (κ3) is 46.4. The number of rotatable bonds is 52. The minimum absolute atomic E-state index is 0.672. The molecule has 0 atom stereocenters. The average Bonchev–Trinajstić information content (AvgIpc) is 4.19. The topological polar surface area (TPSA) is 245 Å². The maximum atomic E-state index is 5.83. The summed E-state index contributed by atoms with van der Waals surface area (Å²) >= 11 is 0. The van der Waals surface area contributed by atoms with Crippen molar-refractivity contribution in [2.75, 3.05) is 244 Å². The molecule has 0 amide bonds. The summed E-state index contributed by atoms with van der Waals surface area (Å²) in [6, 6.07) is 0. The van der Waals surface area contributed by atoms with Gasteiger partial charge in [0.25, 0.3) is 0 Å². The van der Waals surface area contributed by atoms with Crippen LogP contribution in [0.4, 0.5) is 0 Å². The lowest BCUT2D eigenvalue weighted by Crippen LogP contribution is -2.55. The minimum Gasteiger partial charge on any atom is -0.357 e. The highest BCUT2D eigenvalue weighted by atomic mass is 15.2. The van der Waals surface area contributed by atoms with E-state index in [1.807, 2.05) is 14.1 Å². The van der Waals surface area contributed by atoms with Crippen LogP contribution in [0.25, 0.3) is 0 Å². The van der Waals surface area contributed by atoms with Crippen LogP contribution in [0.1, 0.15) is 57.8 Å². The quantitative estimate of drug-likeness (QED) is 0.0208. The van der Waals surface area contributed by atoms with Crippen LogP contribution in [0.2, 0.25) is 0 Å². The van der Waals surface area contributed by atoms with Gasteiger partial charge >= 0.3 is 0 Å². The second-order valence-corrected chi connectivity index (χ2v) is 17.7. The molecule has 0 aromatic rings. The van der Waals surface area contributed by atoms with Crippen LogP contribution in [0, 0.1) is 0 Å². The van der Waals surface area contributed by atoms with Crippen LogP contribution >= 0.6 is 0 Å². The summed E-state index contributed by atoms with van der Waals surface area (Å²) in [5.74, 6) is 0. The number of nitrogens with zero attached hydrogens (tertiary/aromatic N) is 6. The highest BCUT2D eigenvalue weighted by molar-refractivity contribution is 4.70. The number of hydrogen-bond donors (Lipinski definition) is 12. The van der Waals surface area contributed by atoms with Crippen LogP contribution in [0.5, 0.6) is 0 Å². The summed E-state index contributed by atoms with van der Waals surface area (Å²) in [6.07, 6.45) is 11.5. The Bertz CT molecular complexity index is 872. The predicted octanol–water partition coefficient (Wildman–Crippen LogP) is -3.60. The molecule has 18 heteroatoms. The summed E-state index contributed by atoms with van der Waals surface area (Å²) in [7, 11) is 6.26. The van der Waals surface area contributed by atoms with Crippen molar-refractivity contribution in [1.29, 1.82) is 0 Å². The monoisotopic (exact) mass is 918 g/mol. The van der Waals surface area contributed by atoms with E-state index in [0.29, 0.717) is 19.6 Å². The third-order valence-corrected chi connectivity index (χ3v) is 11.7.